The predicted octanol–water partition coefficient (Wildman–Crippen LogP) is 12.9. The van der Waals surface area contributed by atoms with Crippen molar-refractivity contribution in [3.63, 3.8) is 0 Å². The van der Waals surface area contributed by atoms with E-state index in [1.165, 1.54) is 45.5 Å². The smallest absolute Gasteiger partial charge is 0.164 e. The van der Waals surface area contributed by atoms with E-state index in [1.807, 2.05) is 60.7 Å². The summed E-state index contributed by atoms with van der Waals surface area (Å²) in [6.07, 6.45) is 3.46. The fraction of sp³-hybridized carbons (Fsp3) is 0.0816. The van der Waals surface area contributed by atoms with Crippen molar-refractivity contribution >= 4 is 43.7 Å². The second-order valence-corrected chi connectivity index (χ2v) is 13.9. The van der Waals surface area contributed by atoms with Crippen molar-refractivity contribution in [1.29, 1.82) is 0 Å². The van der Waals surface area contributed by atoms with Crippen LogP contribution in [-0.2, 0) is 6.42 Å². The average molecular weight is 697 g/mol. The molecule has 54 heavy (non-hydrogen) atoms. The van der Waals surface area contributed by atoms with E-state index >= 15 is 0 Å². The Hall–Kier alpha value is -6.85. The van der Waals surface area contributed by atoms with Crippen molar-refractivity contribution in [2.24, 2.45) is 0 Å². The lowest BCUT2D eigenvalue weighted by Crippen LogP contribution is -2.00. The van der Waals surface area contributed by atoms with E-state index in [1.54, 1.807) is 0 Å². The van der Waals surface area contributed by atoms with Crippen molar-refractivity contribution in [1.82, 2.24) is 19.5 Å². The Balaban J connectivity index is 1.04. The molecule has 0 aliphatic carbocycles. The van der Waals surface area contributed by atoms with Gasteiger partial charge < -0.3 is 8.98 Å². The lowest BCUT2D eigenvalue weighted by Gasteiger charge is -2.11. The molecule has 258 valence electrons. The van der Waals surface area contributed by atoms with Crippen LogP contribution in [0.4, 0.5) is 0 Å². The summed E-state index contributed by atoms with van der Waals surface area (Å²) in [5.74, 6) is 1.94. The number of hydrogen-bond donors (Lipinski definition) is 0. The molecule has 0 aliphatic rings. The fourth-order valence-electron chi connectivity index (χ4n) is 7.68. The quantitative estimate of drug-likeness (QED) is 0.159. The van der Waals surface area contributed by atoms with Crippen LogP contribution in [0.1, 0.15) is 25.3 Å². The Labute approximate surface area is 313 Å². The third-order valence-electron chi connectivity index (χ3n) is 10.4. The number of aryl methyl sites for hydroxylation is 1. The van der Waals surface area contributed by atoms with Crippen molar-refractivity contribution in [3.05, 3.63) is 169 Å². The van der Waals surface area contributed by atoms with E-state index in [9.17, 15) is 0 Å². The van der Waals surface area contributed by atoms with E-state index in [-0.39, 0.29) is 0 Å². The molecule has 0 radical (unpaired) electrons. The number of unbranched alkanes of at least 4 members (excludes halogenated alkanes) is 1. The summed E-state index contributed by atoms with van der Waals surface area (Å²) < 4.78 is 8.82. The molecule has 5 heteroatoms. The molecule has 5 nitrogen and oxygen atoms in total. The van der Waals surface area contributed by atoms with Crippen LogP contribution in [0, 0.1) is 0 Å². The normalized spacial score (nSPS) is 11.6. The molecule has 0 spiro atoms. The van der Waals surface area contributed by atoms with Gasteiger partial charge in [0.15, 0.2) is 17.5 Å². The zero-order chi connectivity index (χ0) is 36.0. The minimum atomic E-state index is 0.639. The molecule has 3 aromatic heterocycles. The first-order valence-electron chi connectivity index (χ1n) is 18.7. The molecule has 0 saturated carbocycles. The van der Waals surface area contributed by atoms with Crippen LogP contribution in [0.25, 0.3) is 94.7 Å². The second kappa shape index (κ2) is 13.3. The molecule has 3 heterocycles. The number of benzene rings is 7. The van der Waals surface area contributed by atoms with Crippen LogP contribution in [0.3, 0.4) is 0 Å². The van der Waals surface area contributed by atoms with Gasteiger partial charge in [-0.25, -0.2) is 15.0 Å². The molecule has 0 fully saturated rings. The maximum absolute atomic E-state index is 6.47. The van der Waals surface area contributed by atoms with Gasteiger partial charge in [0.05, 0.1) is 11.0 Å². The zero-order valence-corrected chi connectivity index (χ0v) is 29.9. The minimum Gasteiger partial charge on any atom is -0.456 e. The number of hydrogen-bond acceptors (Lipinski definition) is 4. The number of fused-ring (bicyclic) bond motifs is 6. The third kappa shape index (κ3) is 5.62. The van der Waals surface area contributed by atoms with Crippen molar-refractivity contribution in [2.75, 3.05) is 0 Å². The maximum atomic E-state index is 6.47. The molecule has 0 aliphatic heterocycles. The largest absolute Gasteiger partial charge is 0.456 e. The van der Waals surface area contributed by atoms with Crippen molar-refractivity contribution in [3.8, 4) is 51.0 Å². The summed E-state index contributed by atoms with van der Waals surface area (Å²) in [4.78, 5) is 14.8. The highest BCUT2D eigenvalue weighted by atomic mass is 16.3. The topological polar surface area (TPSA) is 56.7 Å². The number of nitrogens with zero attached hydrogens (tertiary/aromatic N) is 4. The standard InChI is InChI=1S/C49H36N4O/c1-2-3-13-32-22-27-45-41(28-32)42-30-40-39-20-10-11-21-43(39)53(44(40)31-46(42)54-45)38-25-23-33(24-26-38)36-18-12-19-37(29-36)49-51-47(34-14-6-4-7-15-34)50-48(52-49)35-16-8-5-9-17-35/h4-12,14-31H,2-3,13H2,1H3. The van der Waals surface area contributed by atoms with Gasteiger partial charge in [0.1, 0.15) is 11.2 Å². The molecule has 0 unspecified atom stereocenters. The number of para-hydroxylation sites is 1. The van der Waals surface area contributed by atoms with Gasteiger partial charge in [-0.15, -0.1) is 0 Å². The van der Waals surface area contributed by atoms with Crippen LogP contribution in [0.2, 0.25) is 0 Å². The monoisotopic (exact) mass is 696 g/mol. The van der Waals surface area contributed by atoms with E-state index < -0.39 is 0 Å². The lowest BCUT2D eigenvalue weighted by molar-refractivity contribution is 0.669. The highest BCUT2D eigenvalue weighted by Crippen LogP contribution is 2.39. The molecule has 0 bridgehead atoms. The maximum Gasteiger partial charge on any atom is 0.164 e. The minimum absolute atomic E-state index is 0.639. The summed E-state index contributed by atoms with van der Waals surface area (Å²) in [7, 11) is 0. The summed E-state index contributed by atoms with van der Waals surface area (Å²) in [6.45, 7) is 2.24. The van der Waals surface area contributed by atoms with E-state index in [2.05, 4.69) is 115 Å². The zero-order valence-electron chi connectivity index (χ0n) is 29.9. The number of aromatic nitrogens is 4. The molecule has 10 rings (SSSR count). The lowest BCUT2D eigenvalue weighted by atomic mass is 10.0. The van der Waals surface area contributed by atoms with Gasteiger partial charge >= 0.3 is 0 Å². The molecular weight excluding hydrogens is 661 g/mol. The Morgan fingerprint density at radius 3 is 1.80 bits per heavy atom. The van der Waals surface area contributed by atoms with E-state index in [0.29, 0.717) is 17.5 Å². The molecule has 0 N–H and O–H groups in total. The van der Waals surface area contributed by atoms with Crippen molar-refractivity contribution < 1.29 is 4.42 Å². The predicted molar refractivity (Wildman–Crippen MR) is 222 cm³/mol. The van der Waals surface area contributed by atoms with Gasteiger partial charge in [-0.1, -0.05) is 129 Å². The van der Waals surface area contributed by atoms with Gasteiger partial charge in [-0.3, -0.25) is 0 Å². The summed E-state index contributed by atoms with van der Waals surface area (Å²) in [6, 6.07) is 57.3. The van der Waals surface area contributed by atoms with Gasteiger partial charge in [-0.05, 0) is 72.0 Å². The highest BCUT2D eigenvalue weighted by molar-refractivity contribution is 6.17. The molecule has 7 aromatic carbocycles. The molecular formula is C49H36N4O. The molecule has 0 atom stereocenters. The SMILES string of the molecule is CCCCc1ccc2oc3cc4c(cc3c2c1)c1ccccc1n4-c1ccc(-c2cccc(-c3nc(-c4ccccc4)nc(-c4ccccc4)n3)c2)cc1. The summed E-state index contributed by atoms with van der Waals surface area (Å²) in [5, 5.41) is 4.80. The first kappa shape index (κ1) is 31.9. The number of furan rings is 1. The van der Waals surface area contributed by atoms with Gasteiger partial charge in [-0.2, -0.15) is 0 Å². The Kier molecular flexibility index (Phi) is 7.84. The van der Waals surface area contributed by atoms with E-state index in [4.69, 9.17) is 19.4 Å². The molecule has 0 saturated heterocycles. The average Bonchev–Trinajstić information content (AvgIpc) is 3.77. The van der Waals surface area contributed by atoms with Crippen LogP contribution in [-0.4, -0.2) is 19.5 Å². The third-order valence-corrected chi connectivity index (χ3v) is 10.4. The fourth-order valence-corrected chi connectivity index (χ4v) is 7.68. The van der Waals surface area contributed by atoms with Crippen LogP contribution in [0.5, 0.6) is 0 Å². The van der Waals surface area contributed by atoms with Crippen LogP contribution in [0.15, 0.2) is 168 Å². The first-order chi connectivity index (χ1) is 26.7. The number of rotatable bonds is 8. The van der Waals surface area contributed by atoms with Gasteiger partial charge in [0.25, 0.3) is 0 Å². The second-order valence-electron chi connectivity index (χ2n) is 13.9. The summed E-state index contributed by atoms with van der Waals surface area (Å²) in [5.41, 5.74) is 11.6. The molecule has 10 aromatic rings. The van der Waals surface area contributed by atoms with Gasteiger partial charge in [0.2, 0.25) is 0 Å². The van der Waals surface area contributed by atoms with E-state index in [0.717, 1.165) is 56.6 Å². The molecule has 0 amide bonds. The Morgan fingerprint density at radius 2 is 1.07 bits per heavy atom. The Bertz CT molecular complexity index is 2900. The highest BCUT2D eigenvalue weighted by Gasteiger charge is 2.17. The Morgan fingerprint density at radius 1 is 0.444 bits per heavy atom. The first-order valence-corrected chi connectivity index (χ1v) is 18.7. The summed E-state index contributed by atoms with van der Waals surface area (Å²) >= 11 is 0. The van der Waals surface area contributed by atoms with Crippen LogP contribution >= 0.6 is 0 Å². The van der Waals surface area contributed by atoms with Gasteiger partial charge in [0, 0.05) is 50.0 Å². The van der Waals surface area contributed by atoms with Crippen molar-refractivity contribution in [2.45, 2.75) is 26.2 Å². The van der Waals surface area contributed by atoms with Crippen LogP contribution < -0.4 is 0 Å².